The number of sulfone groups is 1. The summed E-state index contributed by atoms with van der Waals surface area (Å²) in [5, 5.41) is 0. The van der Waals surface area contributed by atoms with E-state index in [1.807, 2.05) is 31.2 Å². The SMILES string of the molecule is Cc1ccccc1CCS(=O)(=O)CCN. The van der Waals surface area contributed by atoms with Gasteiger partial charge in [0.05, 0.1) is 11.5 Å². The second-order valence-corrected chi connectivity index (χ2v) is 5.92. The molecule has 0 saturated heterocycles. The van der Waals surface area contributed by atoms with Gasteiger partial charge in [-0.2, -0.15) is 0 Å². The molecular weight excluding hydrogens is 210 g/mol. The highest BCUT2D eigenvalue weighted by Crippen LogP contribution is 2.08. The molecule has 0 aliphatic heterocycles. The van der Waals surface area contributed by atoms with Crippen molar-refractivity contribution in [1.29, 1.82) is 0 Å². The Bertz CT molecular complexity index is 412. The van der Waals surface area contributed by atoms with Crippen molar-refractivity contribution in [2.24, 2.45) is 5.73 Å². The lowest BCUT2D eigenvalue weighted by atomic mass is 10.1. The minimum atomic E-state index is -2.97. The number of rotatable bonds is 5. The molecule has 0 atom stereocenters. The Morgan fingerprint density at radius 2 is 1.87 bits per heavy atom. The Labute approximate surface area is 91.2 Å². The first kappa shape index (κ1) is 12.2. The van der Waals surface area contributed by atoms with Gasteiger partial charge in [0.2, 0.25) is 0 Å². The fourth-order valence-corrected chi connectivity index (χ4v) is 2.53. The van der Waals surface area contributed by atoms with Gasteiger partial charge >= 0.3 is 0 Å². The molecule has 0 amide bonds. The van der Waals surface area contributed by atoms with Crippen LogP contribution in [-0.4, -0.2) is 26.5 Å². The Hall–Kier alpha value is -0.870. The van der Waals surface area contributed by atoms with E-state index >= 15 is 0 Å². The standard InChI is InChI=1S/C11H17NO2S/c1-10-4-2-3-5-11(10)6-8-15(13,14)9-7-12/h2-5H,6-9,12H2,1H3. The molecule has 2 N–H and O–H groups in total. The van der Waals surface area contributed by atoms with Gasteiger partial charge in [-0.3, -0.25) is 0 Å². The van der Waals surface area contributed by atoms with Crippen molar-refractivity contribution in [1.82, 2.24) is 0 Å². The van der Waals surface area contributed by atoms with Crippen LogP contribution in [0.3, 0.4) is 0 Å². The lowest BCUT2D eigenvalue weighted by molar-refractivity contribution is 0.595. The molecule has 84 valence electrons. The molecule has 0 spiro atoms. The van der Waals surface area contributed by atoms with Gasteiger partial charge in [0.15, 0.2) is 9.84 Å². The smallest absolute Gasteiger partial charge is 0.151 e. The summed E-state index contributed by atoms with van der Waals surface area (Å²) in [6.45, 7) is 2.20. The first-order valence-corrected chi connectivity index (χ1v) is 6.82. The van der Waals surface area contributed by atoms with Gasteiger partial charge in [0.25, 0.3) is 0 Å². The van der Waals surface area contributed by atoms with Gasteiger partial charge in [-0.1, -0.05) is 24.3 Å². The van der Waals surface area contributed by atoms with Crippen molar-refractivity contribution >= 4 is 9.84 Å². The van der Waals surface area contributed by atoms with Crippen LogP contribution in [0.5, 0.6) is 0 Å². The van der Waals surface area contributed by atoms with E-state index in [-0.39, 0.29) is 18.1 Å². The number of nitrogens with two attached hydrogens (primary N) is 1. The molecule has 0 saturated carbocycles. The molecule has 0 aromatic heterocycles. The predicted octanol–water partition coefficient (Wildman–Crippen LogP) is 0.911. The number of hydrogen-bond donors (Lipinski definition) is 1. The van der Waals surface area contributed by atoms with Gasteiger partial charge < -0.3 is 5.73 Å². The third kappa shape index (κ3) is 4.01. The summed E-state index contributed by atoms with van der Waals surface area (Å²) >= 11 is 0. The number of hydrogen-bond acceptors (Lipinski definition) is 3. The van der Waals surface area contributed by atoms with Crippen molar-refractivity contribution in [3.05, 3.63) is 35.4 Å². The van der Waals surface area contributed by atoms with E-state index in [2.05, 4.69) is 0 Å². The highest BCUT2D eigenvalue weighted by molar-refractivity contribution is 7.91. The quantitative estimate of drug-likeness (QED) is 0.813. The summed E-state index contributed by atoms with van der Waals surface area (Å²) in [7, 11) is -2.97. The summed E-state index contributed by atoms with van der Waals surface area (Å²) < 4.78 is 22.9. The van der Waals surface area contributed by atoms with Crippen LogP contribution < -0.4 is 5.73 Å². The minimum Gasteiger partial charge on any atom is -0.329 e. The lowest BCUT2D eigenvalue weighted by Crippen LogP contribution is -2.19. The fraction of sp³-hybridized carbons (Fsp3) is 0.455. The highest BCUT2D eigenvalue weighted by Gasteiger charge is 2.10. The highest BCUT2D eigenvalue weighted by atomic mass is 32.2. The summed E-state index contributed by atoms with van der Waals surface area (Å²) in [6.07, 6.45) is 0.578. The maximum Gasteiger partial charge on any atom is 0.151 e. The molecule has 0 radical (unpaired) electrons. The first-order valence-electron chi connectivity index (χ1n) is 5.00. The third-order valence-corrected chi connectivity index (χ3v) is 4.06. The van der Waals surface area contributed by atoms with Crippen molar-refractivity contribution < 1.29 is 8.42 Å². The lowest BCUT2D eigenvalue weighted by Gasteiger charge is -2.05. The monoisotopic (exact) mass is 227 g/mol. The van der Waals surface area contributed by atoms with E-state index in [0.29, 0.717) is 6.42 Å². The van der Waals surface area contributed by atoms with Crippen molar-refractivity contribution in [3.8, 4) is 0 Å². The third-order valence-electron chi connectivity index (χ3n) is 2.37. The van der Waals surface area contributed by atoms with Crippen LogP contribution in [0, 0.1) is 6.92 Å². The average Bonchev–Trinajstić information content (AvgIpc) is 2.16. The van der Waals surface area contributed by atoms with Gasteiger partial charge in [0, 0.05) is 6.54 Å². The Morgan fingerprint density at radius 1 is 1.20 bits per heavy atom. The maximum atomic E-state index is 11.4. The van der Waals surface area contributed by atoms with Crippen LogP contribution in [0.1, 0.15) is 11.1 Å². The van der Waals surface area contributed by atoms with Crippen LogP contribution in [0.25, 0.3) is 0 Å². The maximum absolute atomic E-state index is 11.4. The van der Waals surface area contributed by atoms with Crippen LogP contribution >= 0.6 is 0 Å². The second kappa shape index (κ2) is 5.28. The number of benzene rings is 1. The molecule has 4 heteroatoms. The zero-order valence-electron chi connectivity index (χ0n) is 8.94. The van der Waals surface area contributed by atoms with E-state index in [4.69, 9.17) is 5.73 Å². The molecule has 0 aliphatic carbocycles. The number of aryl methyl sites for hydroxylation is 2. The Morgan fingerprint density at radius 3 is 2.47 bits per heavy atom. The topological polar surface area (TPSA) is 60.2 Å². The first-order chi connectivity index (χ1) is 7.05. The molecule has 0 bridgehead atoms. The van der Waals surface area contributed by atoms with Crippen LogP contribution in [0.2, 0.25) is 0 Å². The predicted molar refractivity (Wildman–Crippen MR) is 62.6 cm³/mol. The van der Waals surface area contributed by atoms with E-state index in [0.717, 1.165) is 11.1 Å². The van der Waals surface area contributed by atoms with E-state index in [9.17, 15) is 8.42 Å². The normalized spacial score (nSPS) is 11.6. The van der Waals surface area contributed by atoms with Crippen LogP contribution in [-0.2, 0) is 16.3 Å². The van der Waals surface area contributed by atoms with Crippen LogP contribution in [0.4, 0.5) is 0 Å². The van der Waals surface area contributed by atoms with Crippen molar-refractivity contribution in [2.45, 2.75) is 13.3 Å². The second-order valence-electron chi connectivity index (χ2n) is 3.62. The molecule has 3 nitrogen and oxygen atoms in total. The van der Waals surface area contributed by atoms with E-state index in [1.165, 1.54) is 0 Å². The molecule has 15 heavy (non-hydrogen) atoms. The fourth-order valence-electron chi connectivity index (χ4n) is 1.44. The van der Waals surface area contributed by atoms with Gasteiger partial charge in [0.1, 0.15) is 0 Å². The van der Waals surface area contributed by atoms with Gasteiger partial charge in [-0.25, -0.2) is 8.42 Å². The van der Waals surface area contributed by atoms with Crippen molar-refractivity contribution in [3.63, 3.8) is 0 Å². The molecule has 0 unspecified atom stereocenters. The Balaban J connectivity index is 2.62. The Kier molecular flexibility index (Phi) is 4.29. The average molecular weight is 227 g/mol. The molecular formula is C11H17NO2S. The molecule has 1 rings (SSSR count). The largest absolute Gasteiger partial charge is 0.329 e. The summed E-state index contributed by atoms with van der Waals surface area (Å²) in [6, 6.07) is 7.84. The summed E-state index contributed by atoms with van der Waals surface area (Å²) in [5.74, 6) is 0.272. The molecule has 0 aliphatic rings. The zero-order valence-corrected chi connectivity index (χ0v) is 9.76. The zero-order chi connectivity index (χ0) is 11.3. The molecule has 0 heterocycles. The minimum absolute atomic E-state index is 0.0822. The molecule has 0 fully saturated rings. The van der Waals surface area contributed by atoms with Crippen molar-refractivity contribution in [2.75, 3.05) is 18.1 Å². The summed E-state index contributed by atoms with van der Waals surface area (Å²) in [5.41, 5.74) is 7.47. The van der Waals surface area contributed by atoms with Gasteiger partial charge in [-0.05, 0) is 24.5 Å². The van der Waals surface area contributed by atoms with E-state index < -0.39 is 9.84 Å². The van der Waals surface area contributed by atoms with E-state index in [1.54, 1.807) is 0 Å². The molecule has 1 aromatic carbocycles. The van der Waals surface area contributed by atoms with Gasteiger partial charge in [-0.15, -0.1) is 0 Å². The van der Waals surface area contributed by atoms with Crippen LogP contribution in [0.15, 0.2) is 24.3 Å². The summed E-state index contributed by atoms with van der Waals surface area (Å²) in [4.78, 5) is 0. The molecule has 1 aromatic rings.